The minimum Gasteiger partial charge on any atom is -0.378 e. The van der Waals surface area contributed by atoms with E-state index in [2.05, 4.69) is 39.1 Å². The van der Waals surface area contributed by atoms with Crippen LogP contribution in [-0.4, -0.2) is 85.1 Å². The third kappa shape index (κ3) is 4.62. The van der Waals surface area contributed by atoms with Crippen molar-refractivity contribution in [2.24, 2.45) is 4.99 Å². The molecule has 0 spiro atoms. The van der Waals surface area contributed by atoms with Gasteiger partial charge in [-0.3, -0.25) is 15.1 Å². The lowest BCUT2D eigenvalue weighted by molar-refractivity contribution is -0.125. The standard InChI is InChI=1S/C24H29N7O2S/c1-28(2)18-7-4-6-17(14-18)22-26-20-15-19(16-29(3)24-25-8-5-9-31(24)32)34-21(20)23(27-22)30-10-12-33-13-11-30/h4-9,14-15,24,32H,10-13,16H2,1-3H3. The Morgan fingerprint density at radius 1 is 1.15 bits per heavy atom. The van der Waals surface area contributed by atoms with Gasteiger partial charge in [0.15, 0.2) is 11.6 Å². The van der Waals surface area contributed by atoms with Gasteiger partial charge in [0.1, 0.15) is 0 Å². The van der Waals surface area contributed by atoms with Gasteiger partial charge in [-0.25, -0.2) is 15.0 Å². The molecular formula is C24H29N7O2S. The van der Waals surface area contributed by atoms with Crippen LogP contribution in [0.5, 0.6) is 0 Å². The van der Waals surface area contributed by atoms with Crippen LogP contribution in [0, 0.1) is 0 Å². The Morgan fingerprint density at radius 2 is 1.97 bits per heavy atom. The lowest BCUT2D eigenvalue weighted by atomic mass is 10.1. The third-order valence-corrected chi connectivity index (χ3v) is 7.02. The molecule has 2 aliphatic heterocycles. The second kappa shape index (κ2) is 9.67. The van der Waals surface area contributed by atoms with Gasteiger partial charge in [-0.1, -0.05) is 12.1 Å². The van der Waals surface area contributed by atoms with E-state index >= 15 is 0 Å². The summed E-state index contributed by atoms with van der Waals surface area (Å²) in [6, 6.07) is 10.4. The summed E-state index contributed by atoms with van der Waals surface area (Å²) in [6.45, 7) is 3.62. The fraction of sp³-hybridized carbons (Fsp3) is 0.375. The van der Waals surface area contributed by atoms with Crippen LogP contribution in [0.25, 0.3) is 21.6 Å². The number of fused-ring (bicyclic) bond motifs is 1. The summed E-state index contributed by atoms with van der Waals surface area (Å²) in [6.07, 6.45) is 4.56. The van der Waals surface area contributed by atoms with Gasteiger partial charge in [0.25, 0.3) is 0 Å². The monoisotopic (exact) mass is 479 g/mol. The number of ether oxygens (including phenoxy) is 1. The minimum absolute atomic E-state index is 0.454. The average molecular weight is 480 g/mol. The van der Waals surface area contributed by atoms with Gasteiger partial charge in [0.05, 0.1) is 23.4 Å². The zero-order valence-corrected chi connectivity index (χ0v) is 20.4. The molecule has 178 valence electrons. The normalized spacial score (nSPS) is 18.3. The molecule has 10 heteroatoms. The van der Waals surface area contributed by atoms with Crippen LogP contribution in [0.1, 0.15) is 4.88 Å². The maximum atomic E-state index is 10.1. The SMILES string of the molecule is CN(C)c1cccc(-c2nc(N3CCOCC3)c3sc(CN(C)C4N=CC=CN4O)cc3n2)c1. The van der Waals surface area contributed by atoms with Gasteiger partial charge in [-0.2, -0.15) is 0 Å². The maximum Gasteiger partial charge on any atom is 0.201 e. The molecule has 34 heavy (non-hydrogen) atoms. The van der Waals surface area contributed by atoms with Crippen LogP contribution >= 0.6 is 11.3 Å². The highest BCUT2D eigenvalue weighted by Gasteiger charge is 2.23. The predicted molar refractivity (Wildman–Crippen MR) is 137 cm³/mol. The first-order valence-corrected chi connectivity index (χ1v) is 12.1. The van der Waals surface area contributed by atoms with Gasteiger partial charge in [0.2, 0.25) is 6.29 Å². The molecule has 4 heterocycles. The number of allylic oxidation sites excluding steroid dienone is 1. The Labute approximate surface area is 203 Å². The van der Waals surface area contributed by atoms with E-state index in [1.54, 1.807) is 29.8 Å². The molecule has 2 aromatic heterocycles. The molecule has 1 fully saturated rings. The van der Waals surface area contributed by atoms with Crippen molar-refractivity contribution >= 4 is 39.3 Å². The molecule has 5 rings (SSSR count). The second-order valence-electron chi connectivity index (χ2n) is 8.62. The molecule has 2 aliphatic rings. The summed E-state index contributed by atoms with van der Waals surface area (Å²) in [5.74, 6) is 1.68. The van der Waals surface area contributed by atoms with Crippen LogP contribution in [-0.2, 0) is 11.3 Å². The van der Waals surface area contributed by atoms with Crippen molar-refractivity contribution in [3.8, 4) is 11.4 Å². The van der Waals surface area contributed by atoms with Crippen molar-refractivity contribution in [1.82, 2.24) is 19.9 Å². The Morgan fingerprint density at radius 3 is 2.74 bits per heavy atom. The molecule has 9 nitrogen and oxygen atoms in total. The number of aliphatic imine (C=N–C) groups is 1. The molecule has 1 N–H and O–H groups in total. The number of hydroxylamine groups is 2. The lowest BCUT2D eigenvalue weighted by Crippen LogP contribution is -2.41. The number of nitrogens with zero attached hydrogens (tertiary/aromatic N) is 7. The third-order valence-electron chi connectivity index (χ3n) is 5.92. The number of rotatable bonds is 6. The zero-order chi connectivity index (χ0) is 23.7. The number of thiophene rings is 1. The summed E-state index contributed by atoms with van der Waals surface area (Å²) in [5, 5.41) is 11.3. The van der Waals surface area contributed by atoms with Gasteiger partial charge in [0, 0.05) is 62.3 Å². The molecule has 0 saturated carbocycles. The molecule has 1 atom stereocenters. The number of hydrogen-bond acceptors (Lipinski definition) is 10. The van der Waals surface area contributed by atoms with Crippen LogP contribution in [0.2, 0.25) is 0 Å². The first-order valence-electron chi connectivity index (χ1n) is 11.3. The highest BCUT2D eigenvalue weighted by Crippen LogP contribution is 2.35. The van der Waals surface area contributed by atoms with Crippen LogP contribution in [0.15, 0.2) is 47.6 Å². The van der Waals surface area contributed by atoms with Crippen LogP contribution < -0.4 is 9.80 Å². The zero-order valence-electron chi connectivity index (χ0n) is 19.6. The molecule has 0 aliphatic carbocycles. The molecule has 3 aromatic rings. The van der Waals surface area contributed by atoms with Crippen molar-refractivity contribution in [2.45, 2.75) is 12.8 Å². The van der Waals surface area contributed by atoms with Crippen molar-refractivity contribution in [2.75, 3.05) is 57.2 Å². The van der Waals surface area contributed by atoms with E-state index in [4.69, 9.17) is 14.7 Å². The van der Waals surface area contributed by atoms with E-state index < -0.39 is 6.29 Å². The maximum absolute atomic E-state index is 10.1. The van der Waals surface area contributed by atoms with Crippen LogP contribution in [0.4, 0.5) is 11.5 Å². The molecule has 1 saturated heterocycles. The molecule has 1 aromatic carbocycles. The quantitative estimate of drug-likeness (QED) is 0.577. The number of morpholine rings is 1. The molecular weight excluding hydrogens is 450 g/mol. The molecule has 0 bridgehead atoms. The van der Waals surface area contributed by atoms with E-state index in [1.807, 2.05) is 32.1 Å². The smallest absolute Gasteiger partial charge is 0.201 e. The highest BCUT2D eigenvalue weighted by atomic mass is 32.1. The van der Waals surface area contributed by atoms with Gasteiger partial charge < -0.3 is 14.5 Å². The first-order chi connectivity index (χ1) is 16.5. The number of hydrogen-bond donors (Lipinski definition) is 1. The molecule has 0 radical (unpaired) electrons. The van der Waals surface area contributed by atoms with E-state index in [9.17, 15) is 5.21 Å². The Balaban J connectivity index is 1.53. The van der Waals surface area contributed by atoms with Gasteiger partial charge in [-0.05, 0) is 31.3 Å². The summed E-state index contributed by atoms with van der Waals surface area (Å²) < 4.78 is 6.66. The topological polar surface area (TPSA) is 80.6 Å². The fourth-order valence-electron chi connectivity index (χ4n) is 4.13. The van der Waals surface area contributed by atoms with E-state index in [0.29, 0.717) is 19.8 Å². The minimum atomic E-state index is -0.454. The number of aromatic nitrogens is 2. The summed E-state index contributed by atoms with van der Waals surface area (Å²) in [5.41, 5.74) is 3.03. The Hall–Kier alpha value is -3.05. The predicted octanol–water partition coefficient (Wildman–Crippen LogP) is 3.27. The van der Waals surface area contributed by atoms with Crippen LogP contribution in [0.3, 0.4) is 0 Å². The first kappa shape index (κ1) is 22.7. The molecule has 0 amide bonds. The largest absolute Gasteiger partial charge is 0.378 e. The van der Waals surface area contributed by atoms with Crippen molar-refractivity contribution in [1.29, 1.82) is 0 Å². The summed E-state index contributed by atoms with van der Waals surface area (Å²) in [4.78, 5) is 21.9. The number of benzene rings is 1. The second-order valence-corrected chi connectivity index (χ2v) is 9.76. The average Bonchev–Trinajstić information content (AvgIpc) is 3.26. The summed E-state index contributed by atoms with van der Waals surface area (Å²) in [7, 11) is 6.01. The van der Waals surface area contributed by atoms with Crippen molar-refractivity contribution in [3.05, 3.63) is 47.5 Å². The lowest BCUT2D eigenvalue weighted by Gasteiger charge is -2.30. The van der Waals surface area contributed by atoms with Gasteiger partial charge in [-0.15, -0.1) is 11.3 Å². The number of anilines is 2. The molecule has 1 unspecified atom stereocenters. The van der Waals surface area contributed by atoms with Crippen molar-refractivity contribution in [3.63, 3.8) is 0 Å². The summed E-state index contributed by atoms with van der Waals surface area (Å²) >= 11 is 1.70. The van der Waals surface area contributed by atoms with Crippen molar-refractivity contribution < 1.29 is 9.94 Å². The van der Waals surface area contributed by atoms with E-state index in [1.165, 1.54) is 0 Å². The van der Waals surface area contributed by atoms with E-state index in [-0.39, 0.29) is 0 Å². The Bertz CT molecular complexity index is 1220. The van der Waals surface area contributed by atoms with Gasteiger partial charge >= 0.3 is 0 Å². The highest BCUT2D eigenvalue weighted by molar-refractivity contribution is 7.19. The van der Waals surface area contributed by atoms with E-state index in [0.717, 1.165) is 56.1 Å². The fourth-order valence-corrected chi connectivity index (χ4v) is 5.30. The Kier molecular flexibility index (Phi) is 6.46.